The number of unbranched alkanes of at least 4 members (excludes halogenated alkanes) is 2. The molecule has 0 saturated heterocycles. The molecule has 0 atom stereocenters. The zero-order chi connectivity index (χ0) is 19.2. The van der Waals surface area contributed by atoms with Crippen LogP contribution in [0, 0.1) is 0 Å². The van der Waals surface area contributed by atoms with Gasteiger partial charge in [-0.05, 0) is 37.1 Å². The largest absolute Gasteiger partial charge is 0.416 e. The molecule has 1 aromatic rings. The topological polar surface area (TPSA) is 58.4 Å². The summed E-state index contributed by atoms with van der Waals surface area (Å²) >= 11 is 1.37. The van der Waals surface area contributed by atoms with Gasteiger partial charge >= 0.3 is 6.18 Å². The monoisotopic (exact) mass is 385 g/mol. The van der Waals surface area contributed by atoms with Gasteiger partial charge in [-0.2, -0.15) is 13.2 Å². The lowest BCUT2D eigenvalue weighted by Gasteiger charge is -2.22. The number of nitrogens with zero attached hydrogens (tertiary/aromatic N) is 1. The van der Waals surface area contributed by atoms with Crippen LogP contribution in [-0.4, -0.2) is 23.9 Å². The fraction of sp³-hybridized carbons (Fsp3) is 0.389. The first-order chi connectivity index (χ1) is 12.3. The van der Waals surface area contributed by atoms with Crippen molar-refractivity contribution in [2.75, 3.05) is 13.1 Å². The molecule has 26 heavy (non-hydrogen) atoms. The maximum Gasteiger partial charge on any atom is 0.416 e. The van der Waals surface area contributed by atoms with Crippen molar-refractivity contribution in [2.45, 2.75) is 32.0 Å². The van der Waals surface area contributed by atoms with Gasteiger partial charge in [-0.25, -0.2) is 0 Å². The lowest BCUT2D eigenvalue weighted by atomic mass is 10.1. The summed E-state index contributed by atoms with van der Waals surface area (Å²) in [6, 6.07) is 4.94. The Hall–Kier alpha value is -1.93. The van der Waals surface area contributed by atoms with Crippen LogP contribution in [0.1, 0.15) is 30.4 Å². The minimum Gasteiger partial charge on any atom is -0.347 e. The summed E-state index contributed by atoms with van der Waals surface area (Å²) in [6.45, 7) is 5.25. The van der Waals surface area contributed by atoms with E-state index < -0.39 is 11.7 Å². The third-order valence-corrected chi connectivity index (χ3v) is 4.76. The van der Waals surface area contributed by atoms with Crippen LogP contribution in [-0.2, 0) is 17.5 Å². The Kier molecular flexibility index (Phi) is 7.16. The van der Waals surface area contributed by atoms with Gasteiger partial charge in [0.05, 0.1) is 10.6 Å². The summed E-state index contributed by atoms with van der Waals surface area (Å²) < 4.78 is 38.3. The number of rotatable bonds is 8. The molecule has 0 unspecified atom stereocenters. The van der Waals surface area contributed by atoms with E-state index in [2.05, 4.69) is 11.9 Å². The molecule has 0 radical (unpaired) electrons. The van der Waals surface area contributed by atoms with Crippen molar-refractivity contribution in [3.8, 4) is 0 Å². The van der Waals surface area contributed by atoms with Crippen LogP contribution in [0.5, 0.6) is 0 Å². The molecular weight excluding hydrogens is 363 g/mol. The molecule has 0 saturated carbocycles. The van der Waals surface area contributed by atoms with E-state index in [1.165, 1.54) is 17.8 Å². The zero-order valence-corrected chi connectivity index (χ0v) is 15.1. The highest BCUT2D eigenvalue weighted by atomic mass is 32.2. The number of thioether (sulfide) groups is 1. The van der Waals surface area contributed by atoms with Gasteiger partial charge in [0.1, 0.15) is 5.70 Å². The van der Waals surface area contributed by atoms with Crippen molar-refractivity contribution in [3.63, 3.8) is 0 Å². The Labute approximate surface area is 155 Å². The fourth-order valence-corrected chi connectivity index (χ4v) is 3.33. The van der Waals surface area contributed by atoms with Crippen LogP contribution in [0.15, 0.2) is 47.0 Å². The maximum absolute atomic E-state index is 12.8. The van der Waals surface area contributed by atoms with Gasteiger partial charge in [-0.1, -0.05) is 36.9 Å². The Morgan fingerprint density at radius 2 is 2.04 bits per heavy atom. The quantitative estimate of drug-likeness (QED) is 0.668. The van der Waals surface area contributed by atoms with E-state index in [1.807, 2.05) is 4.90 Å². The number of halogens is 3. The molecule has 4 nitrogen and oxygen atoms in total. The lowest BCUT2D eigenvalue weighted by Crippen LogP contribution is -2.32. The molecule has 1 aromatic carbocycles. The molecule has 8 heteroatoms. The number of nitrogens with one attached hydrogen (secondary N) is 1. The third kappa shape index (κ3) is 5.54. The number of carbonyl (C=O) groups excluding carboxylic acids is 1. The number of alkyl halides is 3. The summed E-state index contributed by atoms with van der Waals surface area (Å²) in [6.07, 6.45) is -1.63. The van der Waals surface area contributed by atoms with Crippen LogP contribution in [0.2, 0.25) is 0 Å². The van der Waals surface area contributed by atoms with Gasteiger partial charge in [-0.15, -0.1) is 0 Å². The van der Waals surface area contributed by atoms with Crippen molar-refractivity contribution in [1.29, 1.82) is 0 Å². The summed E-state index contributed by atoms with van der Waals surface area (Å²) in [5.41, 5.74) is 5.62. The molecule has 0 aromatic heterocycles. The molecule has 0 bridgehead atoms. The van der Waals surface area contributed by atoms with Crippen molar-refractivity contribution in [3.05, 3.63) is 58.1 Å². The van der Waals surface area contributed by atoms with Crippen LogP contribution >= 0.6 is 11.8 Å². The predicted molar refractivity (Wildman–Crippen MR) is 97.7 cm³/mol. The van der Waals surface area contributed by atoms with Crippen LogP contribution in [0.3, 0.4) is 0 Å². The normalized spacial score (nSPS) is 14.5. The van der Waals surface area contributed by atoms with Crippen molar-refractivity contribution >= 4 is 17.7 Å². The number of carbonyl (C=O) groups is 1. The lowest BCUT2D eigenvalue weighted by molar-refractivity contribution is -0.137. The third-order valence-electron chi connectivity index (χ3n) is 3.92. The number of nitrogens with two attached hydrogens (primary N) is 1. The van der Waals surface area contributed by atoms with Gasteiger partial charge in [0.25, 0.3) is 5.91 Å². The predicted octanol–water partition coefficient (Wildman–Crippen LogP) is 3.81. The first-order valence-corrected chi connectivity index (χ1v) is 9.18. The zero-order valence-electron chi connectivity index (χ0n) is 14.3. The number of benzene rings is 1. The average Bonchev–Trinajstić information content (AvgIpc) is 2.97. The van der Waals surface area contributed by atoms with E-state index in [1.54, 1.807) is 11.5 Å². The minimum absolute atomic E-state index is 0.0260. The molecule has 3 N–H and O–H groups in total. The SMILES string of the molecule is C=C1SC=C(C(=O)NCc2cccc(C(F)(F)F)c2)N1CCCCCN. The number of hydrogen-bond donors (Lipinski definition) is 2. The second-order valence-corrected chi connectivity index (χ2v) is 6.84. The molecule has 1 aliphatic heterocycles. The standard InChI is InChI=1S/C18H22F3N3OS/c1-13-24(9-4-2-3-8-22)16(12-26-13)17(25)23-11-14-6-5-7-15(10-14)18(19,20)21/h5-7,10,12H,1-4,8-9,11,22H2,(H,23,25). The van der Waals surface area contributed by atoms with E-state index in [4.69, 9.17) is 5.73 Å². The molecule has 0 aliphatic carbocycles. The summed E-state index contributed by atoms with van der Waals surface area (Å²) in [7, 11) is 0. The summed E-state index contributed by atoms with van der Waals surface area (Å²) in [5, 5.41) is 5.16. The van der Waals surface area contributed by atoms with Gasteiger partial charge in [0, 0.05) is 18.5 Å². The second-order valence-electron chi connectivity index (χ2n) is 5.90. The molecule has 142 valence electrons. The number of amides is 1. The van der Waals surface area contributed by atoms with Crippen LogP contribution < -0.4 is 11.1 Å². The maximum atomic E-state index is 12.8. The molecule has 1 heterocycles. The van der Waals surface area contributed by atoms with Gasteiger partial charge in [-0.3, -0.25) is 4.79 Å². The van der Waals surface area contributed by atoms with E-state index in [-0.39, 0.29) is 12.5 Å². The molecule has 2 rings (SSSR count). The Morgan fingerprint density at radius 1 is 1.27 bits per heavy atom. The van der Waals surface area contributed by atoms with Gasteiger partial charge in [0.2, 0.25) is 0 Å². The van der Waals surface area contributed by atoms with Crippen molar-refractivity contribution in [1.82, 2.24) is 10.2 Å². The molecular formula is C18H22F3N3OS. The minimum atomic E-state index is -4.40. The Bertz CT molecular complexity index is 689. The second kappa shape index (κ2) is 9.14. The molecule has 0 spiro atoms. The first-order valence-electron chi connectivity index (χ1n) is 8.30. The van der Waals surface area contributed by atoms with E-state index in [0.717, 1.165) is 36.4 Å². The smallest absolute Gasteiger partial charge is 0.347 e. The van der Waals surface area contributed by atoms with E-state index in [9.17, 15) is 18.0 Å². The van der Waals surface area contributed by atoms with Crippen LogP contribution in [0.25, 0.3) is 0 Å². The molecule has 1 amide bonds. The van der Waals surface area contributed by atoms with E-state index >= 15 is 0 Å². The Morgan fingerprint density at radius 3 is 2.73 bits per heavy atom. The van der Waals surface area contributed by atoms with Gasteiger partial charge in [0.15, 0.2) is 0 Å². The fourth-order valence-electron chi connectivity index (χ4n) is 2.53. The average molecular weight is 385 g/mol. The van der Waals surface area contributed by atoms with E-state index in [0.29, 0.717) is 24.4 Å². The Balaban J connectivity index is 1.93. The van der Waals surface area contributed by atoms with Crippen LogP contribution in [0.4, 0.5) is 13.2 Å². The highest BCUT2D eigenvalue weighted by Crippen LogP contribution is 2.33. The molecule has 0 fully saturated rings. The number of hydrogen-bond acceptors (Lipinski definition) is 4. The highest BCUT2D eigenvalue weighted by molar-refractivity contribution is 8.06. The molecule has 1 aliphatic rings. The van der Waals surface area contributed by atoms with Crippen molar-refractivity contribution < 1.29 is 18.0 Å². The summed E-state index contributed by atoms with van der Waals surface area (Å²) in [5.74, 6) is -0.326. The highest BCUT2D eigenvalue weighted by Gasteiger charge is 2.30. The van der Waals surface area contributed by atoms with Crippen molar-refractivity contribution in [2.24, 2.45) is 5.73 Å². The van der Waals surface area contributed by atoms with Gasteiger partial charge < -0.3 is 16.0 Å². The summed E-state index contributed by atoms with van der Waals surface area (Å²) in [4.78, 5) is 14.3. The first kappa shape index (κ1) is 20.4.